The number of hydrogen-bond acceptors (Lipinski definition) is 2. The lowest BCUT2D eigenvalue weighted by Gasteiger charge is -2.39. The molecule has 0 amide bonds. The van der Waals surface area contributed by atoms with Crippen LogP contribution in [-0.4, -0.2) is 11.6 Å². The highest BCUT2D eigenvalue weighted by molar-refractivity contribution is 6.08. The van der Waals surface area contributed by atoms with Crippen molar-refractivity contribution in [2.75, 3.05) is 0 Å². The summed E-state index contributed by atoms with van der Waals surface area (Å²) in [5.74, 6) is 0.767. The van der Waals surface area contributed by atoms with E-state index in [-0.39, 0.29) is 11.6 Å². The van der Waals surface area contributed by atoms with Crippen LogP contribution in [0.4, 0.5) is 0 Å². The van der Waals surface area contributed by atoms with Gasteiger partial charge in [-0.05, 0) is 32.1 Å². The first-order chi connectivity index (χ1) is 7.15. The average Bonchev–Trinajstić information content (AvgIpc) is 2.27. The lowest BCUT2D eigenvalue weighted by Crippen LogP contribution is -2.46. The molecule has 2 fully saturated rings. The van der Waals surface area contributed by atoms with Crippen LogP contribution in [0.2, 0.25) is 0 Å². The van der Waals surface area contributed by atoms with E-state index in [4.69, 9.17) is 0 Å². The predicted molar refractivity (Wildman–Crippen MR) is 58.5 cm³/mol. The topological polar surface area (TPSA) is 34.1 Å². The number of carbonyl (C=O) groups excluding carboxylic acids is 2. The first kappa shape index (κ1) is 10.8. The quantitative estimate of drug-likeness (QED) is 0.621. The minimum Gasteiger partial charge on any atom is -0.299 e. The fourth-order valence-electron chi connectivity index (χ4n) is 3.22. The zero-order valence-electron chi connectivity index (χ0n) is 9.55. The molecular weight excluding hydrogens is 188 g/mol. The van der Waals surface area contributed by atoms with Gasteiger partial charge < -0.3 is 0 Å². The van der Waals surface area contributed by atoms with Crippen LogP contribution in [0.25, 0.3) is 0 Å². The molecule has 0 saturated heterocycles. The largest absolute Gasteiger partial charge is 0.299 e. The first-order valence-electron chi connectivity index (χ1n) is 6.22. The van der Waals surface area contributed by atoms with Crippen LogP contribution in [0.1, 0.15) is 58.3 Å². The molecule has 0 radical (unpaired) electrons. The second-order valence-electron chi connectivity index (χ2n) is 5.24. The summed E-state index contributed by atoms with van der Waals surface area (Å²) >= 11 is 0. The predicted octanol–water partition coefficient (Wildman–Crippen LogP) is 2.90. The maximum atomic E-state index is 12.0. The number of hydrogen-bond donors (Lipinski definition) is 0. The molecule has 0 spiro atoms. The summed E-state index contributed by atoms with van der Waals surface area (Å²) in [6, 6.07) is 0. The maximum Gasteiger partial charge on any atom is 0.146 e. The Balaban J connectivity index is 2.20. The van der Waals surface area contributed by atoms with Crippen molar-refractivity contribution < 1.29 is 9.59 Å². The smallest absolute Gasteiger partial charge is 0.146 e. The molecule has 0 aromatic heterocycles. The van der Waals surface area contributed by atoms with Crippen molar-refractivity contribution in [3.63, 3.8) is 0 Å². The molecule has 2 aliphatic carbocycles. The fourth-order valence-corrected chi connectivity index (χ4v) is 3.22. The minimum absolute atomic E-state index is 0.214. The van der Waals surface area contributed by atoms with Gasteiger partial charge in [0.05, 0.1) is 5.41 Å². The van der Waals surface area contributed by atoms with Gasteiger partial charge in [-0.25, -0.2) is 0 Å². The minimum atomic E-state index is -0.612. The summed E-state index contributed by atoms with van der Waals surface area (Å²) in [5, 5.41) is 0. The van der Waals surface area contributed by atoms with E-state index in [1.54, 1.807) is 0 Å². The highest BCUT2D eigenvalue weighted by atomic mass is 16.2. The second-order valence-corrected chi connectivity index (χ2v) is 5.24. The molecule has 2 aliphatic rings. The van der Waals surface area contributed by atoms with E-state index in [0.717, 1.165) is 19.3 Å². The molecule has 0 heterocycles. The van der Waals surface area contributed by atoms with E-state index >= 15 is 0 Å². The normalized spacial score (nSPS) is 28.1. The third-order valence-electron chi connectivity index (χ3n) is 4.39. The van der Waals surface area contributed by atoms with Crippen LogP contribution in [0, 0.1) is 11.3 Å². The van der Waals surface area contributed by atoms with E-state index in [2.05, 4.69) is 0 Å². The molecular formula is C13H20O2. The summed E-state index contributed by atoms with van der Waals surface area (Å²) < 4.78 is 0. The summed E-state index contributed by atoms with van der Waals surface area (Å²) in [4.78, 5) is 24.0. The van der Waals surface area contributed by atoms with E-state index in [9.17, 15) is 9.59 Å². The van der Waals surface area contributed by atoms with Gasteiger partial charge in [-0.15, -0.1) is 0 Å². The third-order valence-corrected chi connectivity index (χ3v) is 4.39. The van der Waals surface area contributed by atoms with Crippen LogP contribution in [0.3, 0.4) is 0 Å². The standard InChI is InChI=1S/C13H20O2/c1-13(10-6-3-2-4-7-10)11(14)8-5-9-12(13)15/h10H,2-9H2,1H3. The van der Waals surface area contributed by atoms with Crippen LogP contribution in [0.5, 0.6) is 0 Å². The Kier molecular flexibility index (Phi) is 2.94. The molecule has 2 saturated carbocycles. The van der Waals surface area contributed by atoms with Crippen molar-refractivity contribution in [2.45, 2.75) is 58.3 Å². The Labute approximate surface area is 91.4 Å². The van der Waals surface area contributed by atoms with Gasteiger partial charge in [-0.3, -0.25) is 9.59 Å². The molecule has 2 rings (SSSR count). The second kappa shape index (κ2) is 4.07. The van der Waals surface area contributed by atoms with Crippen molar-refractivity contribution in [1.29, 1.82) is 0 Å². The average molecular weight is 208 g/mol. The van der Waals surface area contributed by atoms with Crippen molar-refractivity contribution in [2.24, 2.45) is 11.3 Å². The van der Waals surface area contributed by atoms with Crippen molar-refractivity contribution >= 4 is 11.6 Å². The van der Waals surface area contributed by atoms with Gasteiger partial charge in [0, 0.05) is 12.8 Å². The third kappa shape index (κ3) is 1.75. The van der Waals surface area contributed by atoms with E-state index in [1.807, 2.05) is 6.92 Å². The number of ketones is 2. The molecule has 2 nitrogen and oxygen atoms in total. The Hall–Kier alpha value is -0.660. The van der Waals surface area contributed by atoms with Gasteiger partial charge >= 0.3 is 0 Å². The Bertz CT molecular complexity index is 258. The van der Waals surface area contributed by atoms with Gasteiger partial charge in [0.2, 0.25) is 0 Å². The molecule has 2 heteroatoms. The van der Waals surface area contributed by atoms with E-state index in [1.165, 1.54) is 19.3 Å². The lowest BCUT2D eigenvalue weighted by atomic mass is 9.61. The van der Waals surface area contributed by atoms with Crippen LogP contribution in [0.15, 0.2) is 0 Å². The monoisotopic (exact) mass is 208 g/mol. The molecule has 0 bridgehead atoms. The summed E-state index contributed by atoms with van der Waals surface area (Å²) in [7, 11) is 0. The zero-order valence-corrected chi connectivity index (χ0v) is 9.55. The van der Waals surface area contributed by atoms with Gasteiger partial charge in [0.25, 0.3) is 0 Å². The van der Waals surface area contributed by atoms with Crippen LogP contribution in [-0.2, 0) is 9.59 Å². The van der Waals surface area contributed by atoms with Crippen molar-refractivity contribution in [3.8, 4) is 0 Å². The first-order valence-corrected chi connectivity index (χ1v) is 6.22. The van der Waals surface area contributed by atoms with Gasteiger partial charge in [0.15, 0.2) is 0 Å². The van der Waals surface area contributed by atoms with Crippen molar-refractivity contribution in [1.82, 2.24) is 0 Å². The molecule has 84 valence electrons. The van der Waals surface area contributed by atoms with Gasteiger partial charge in [0.1, 0.15) is 11.6 Å². The van der Waals surface area contributed by atoms with Gasteiger partial charge in [-0.2, -0.15) is 0 Å². The molecule has 0 aromatic rings. The van der Waals surface area contributed by atoms with E-state index in [0.29, 0.717) is 18.8 Å². The summed E-state index contributed by atoms with van der Waals surface area (Å²) in [5.41, 5.74) is -0.612. The summed E-state index contributed by atoms with van der Waals surface area (Å²) in [6.07, 6.45) is 7.84. The number of Topliss-reactive ketones (excluding diaryl/α,β-unsaturated/α-hetero) is 2. The Morgan fingerprint density at radius 3 is 2.00 bits per heavy atom. The number of rotatable bonds is 1. The maximum absolute atomic E-state index is 12.0. The number of carbonyl (C=O) groups is 2. The summed E-state index contributed by atoms with van der Waals surface area (Å²) in [6.45, 7) is 1.91. The van der Waals surface area contributed by atoms with Crippen LogP contribution < -0.4 is 0 Å². The van der Waals surface area contributed by atoms with Crippen molar-refractivity contribution in [3.05, 3.63) is 0 Å². The van der Waals surface area contributed by atoms with E-state index < -0.39 is 5.41 Å². The SMILES string of the molecule is CC1(C2CCCCC2)C(=O)CCCC1=O. The molecule has 0 aliphatic heterocycles. The lowest BCUT2D eigenvalue weighted by molar-refractivity contribution is -0.147. The molecule has 0 unspecified atom stereocenters. The van der Waals surface area contributed by atoms with Gasteiger partial charge in [-0.1, -0.05) is 19.3 Å². The van der Waals surface area contributed by atoms with Crippen LogP contribution >= 0.6 is 0 Å². The Morgan fingerprint density at radius 2 is 1.47 bits per heavy atom. The highest BCUT2D eigenvalue weighted by Crippen LogP contribution is 2.43. The molecule has 0 N–H and O–H groups in total. The fraction of sp³-hybridized carbons (Fsp3) is 0.846. The molecule has 0 atom stereocenters. The Morgan fingerprint density at radius 1 is 0.933 bits per heavy atom. The zero-order chi connectivity index (χ0) is 10.9. The molecule has 0 aromatic carbocycles. The highest BCUT2D eigenvalue weighted by Gasteiger charge is 2.48. The molecule has 15 heavy (non-hydrogen) atoms.